The molecule has 0 bridgehead atoms. The maximum atomic E-state index is 13.2. The second kappa shape index (κ2) is 10.6. The highest BCUT2D eigenvalue weighted by Crippen LogP contribution is 2.28. The highest BCUT2D eigenvalue weighted by atomic mass is 35.5. The highest BCUT2D eigenvalue weighted by Gasteiger charge is 2.41. The Bertz CT molecular complexity index is 752. The molecule has 0 saturated carbocycles. The van der Waals surface area contributed by atoms with Crippen LogP contribution in [0.3, 0.4) is 0 Å². The summed E-state index contributed by atoms with van der Waals surface area (Å²) in [6, 6.07) is 5.20. The predicted octanol–water partition coefficient (Wildman–Crippen LogP) is 0.596. The summed E-state index contributed by atoms with van der Waals surface area (Å²) in [6.45, 7) is 2.18. The number of hydrogen-bond acceptors (Lipinski definition) is 5. The molecule has 3 atom stereocenters. The average Bonchev–Trinajstić information content (AvgIpc) is 2.72. The monoisotopic (exact) mass is 440 g/mol. The smallest absolute Gasteiger partial charge is 0.405 e. The van der Waals surface area contributed by atoms with Crippen molar-refractivity contribution in [1.82, 2.24) is 20.9 Å². The first-order valence-electron chi connectivity index (χ1n) is 9.82. The Labute approximate surface area is 180 Å². The van der Waals surface area contributed by atoms with Crippen LogP contribution >= 0.6 is 11.6 Å². The summed E-state index contributed by atoms with van der Waals surface area (Å²) in [5, 5.41) is 26.9. The fourth-order valence-corrected chi connectivity index (χ4v) is 3.82. The number of hydrogen-bond donors (Lipinski definition) is 5. The van der Waals surface area contributed by atoms with E-state index >= 15 is 0 Å². The molecule has 0 aliphatic carbocycles. The number of halogens is 1. The molecule has 1 saturated heterocycles. The van der Waals surface area contributed by atoms with E-state index in [0.29, 0.717) is 18.0 Å². The largest absolute Gasteiger partial charge is 0.465 e. The van der Waals surface area contributed by atoms with Gasteiger partial charge >= 0.3 is 6.09 Å². The minimum absolute atomic E-state index is 0.439. The first-order chi connectivity index (χ1) is 14.2. The second-order valence-electron chi connectivity index (χ2n) is 7.62. The van der Waals surface area contributed by atoms with Crippen molar-refractivity contribution >= 4 is 29.5 Å². The molecule has 5 N–H and O–H groups in total. The predicted molar refractivity (Wildman–Crippen MR) is 112 cm³/mol. The van der Waals surface area contributed by atoms with Crippen molar-refractivity contribution in [3.8, 4) is 0 Å². The van der Waals surface area contributed by atoms with Gasteiger partial charge in [0, 0.05) is 18.6 Å². The molecule has 9 nitrogen and oxygen atoms in total. The summed E-state index contributed by atoms with van der Waals surface area (Å²) in [4.78, 5) is 37.7. The van der Waals surface area contributed by atoms with Crippen LogP contribution in [0.2, 0.25) is 5.02 Å². The zero-order valence-corrected chi connectivity index (χ0v) is 17.9. The number of aliphatic hydroxyl groups excluding tert-OH is 1. The topological polar surface area (TPSA) is 131 Å². The molecule has 1 fully saturated rings. The molecule has 3 unspecified atom stereocenters. The van der Waals surface area contributed by atoms with Gasteiger partial charge in [-0.1, -0.05) is 23.7 Å². The Morgan fingerprint density at radius 3 is 2.47 bits per heavy atom. The van der Waals surface area contributed by atoms with E-state index in [0.717, 1.165) is 24.9 Å². The molecule has 0 spiro atoms. The van der Waals surface area contributed by atoms with Crippen LogP contribution in [0.5, 0.6) is 0 Å². The SMILES string of the molecule is CC(NC(=O)O)C(=O)NC(CO)C(=O)N(C)C1(Cc2ccc(Cl)cc2)CCCNC1. The Balaban J connectivity index is 2.17. The second-order valence-corrected chi connectivity index (χ2v) is 8.06. The normalized spacial score (nSPS) is 20.7. The van der Waals surface area contributed by atoms with Gasteiger partial charge in [-0.05, 0) is 50.4 Å². The molecule has 1 aliphatic heterocycles. The Kier molecular flexibility index (Phi) is 8.45. The van der Waals surface area contributed by atoms with Crippen molar-refractivity contribution in [2.24, 2.45) is 0 Å². The molecule has 1 aromatic rings. The molecule has 1 aliphatic rings. The van der Waals surface area contributed by atoms with Crippen molar-refractivity contribution in [3.05, 3.63) is 34.9 Å². The van der Waals surface area contributed by atoms with Crippen LogP contribution in [0.4, 0.5) is 4.79 Å². The molecule has 1 heterocycles. The third kappa shape index (κ3) is 6.07. The van der Waals surface area contributed by atoms with Crippen LogP contribution in [-0.4, -0.2) is 77.4 Å². The van der Waals surface area contributed by atoms with Crippen molar-refractivity contribution in [1.29, 1.82) is 0 Å². The fourth-order valence-electron chi connectivity index (χ4n) is 3.69. The first kappa shape index (κ1) is 23.9. The standard InChI is InChI=1S/C20H29ClN4O5/c1-13(23-19(29)30)17(27)24-16(11-26)18(28)25(2)20(8-3-9-22-12-20)10-14-4-6-15(21)7-5-14/h4-7,13,16,22-23,26H,3,8-12H2,1-2H3,(H,24,27)(H,29,30). The third-order valence-corrected chi connectivity index (χ3v) is 5.72. The van der Waals surface area contributed by atoms with Crippen LogP contribution in [0.25, 0.3) is 0 Å². The summed E-state index contributed by atoms with van der Waals surface area (Å²) in [5.41, 5.74) is 0.485. The lowest BCUT2D eigenvalue weighted by molar-refractivity contribution is -0.142. The van der Waals surface area contributed by atoms with Crippen molar-refractivity contribution < 1.29 is 24.6 Å². The zero-order valence-electron chi connectivity index (χ0n) is 17.2. The summed E-state index contributed by atoms with van der Waals surface area (Å²) in [6.07, 6.45) is 0.869. The molecule has 0 radical (unpaired) electrons. The van der Waals surface area contributed by atoms with Gasteiger partial charge in [0.15, 0.2) is 0 Å². The van der Waals surface area contributed by atoms with Gasteiger partial charge in [-0.15, -0.1) is 0 Å². The number of nitrogens with zero attached hydrogens (tertiary/aromatic N) is 1. The van der Waals surface area contributed by atoms with Crippen LogP contribution < -0.4 is 16.0 Å². The number of likely N-dealkylation sites (N-methyl/N-ethyl adjacent to an activating group) is 1. The number of amides is 3. The molecule has 10 heteroatoms. The Hall–Kier alpha value is -2.36. The third-order valence-electron chi connectivity index (χ3n) is 5.47. The van der Waals surface area contributed by atoms with Crippen molar-refractivity contribution in [2.45, 2.75) is 43.8 Å². The van der Waals surface area contributed by atoms with Gasteiger partial charge in [0.2, 0.25) is 11.8 Å². The average molecular weight is 441 g/mol. The van der Waals surface area contributed by atoms with E-state index in [-0.39, 0.29) is 0 Å². The van der Waals surface area contributed by atoms with Crippen molar-refractivity contribution in [3.63, 3.8) is 0 Å². The number of benzene rings is 1. The van der Waals surface area contributed by atoms with Gasteiger partial charge in [0.1, 0.15) is 12.1 Å². The summed E-state index contributed by atoms with van der Waals surface area (Å²) in [7, 11) is 1.67. The van der Waals surface area contributed by atoms with Gasteiger partial charge in [-0.3, -0.25) is 9.59 Å². The number of carbonyl (C=O) groups excluding carboxylic acids is 2. The van der Waals surface area contributed by atoms with E-state index in [1.165, 1.54) is 6.92 Å². The molecular weight excluding hydrogens is 412 g/mol. The minimum Gasteiger partial charge on any atom is -0.465 e. The number of piperidine rings is 1. The van der Waals surface area contributed by atoms with Crippen LogP contribution in [0.1, 0.15) is 25.3 Å². The Morgan fingerprint density at radius 1 is 1.27 bits per heavy atom. The quantitative estimate of drug-likeness (QED) is 0.402. The van der Waals surface area contributed by atoms with Crippen molar-refractivity contribution in [2.75, 3.05) is 26.7 Å². The molecule has 1 aromatic carbocycles. The van der Waals surface area contributed by atoms with Gasteiger partial charge in [0.25, 0.3) is 0 Å². The fraction of sp³-hybridized carbons (Fsp3) is 0.550. The summed E-state index contributed by atoms with van der Waals surface area (Å²) in [5.74, 6) is -1.13. The van der Waals surface area contributed by atoms with Gasteiger partial charge < -0.3 is 31.1 Å². The van der Waals surface area contributed by atoms with Crippen LogP contribution in [0.15, 0.2) is 24.3 Å². The summed E-state index contributed by atoms with van der Waals surface area (Å²) >= 11 is 5.98. The summed E-state index contributed by atoms with van der Waals surface area (Å²) < 4.78 is 0. The van der Waals surface area contributed by atoms with Gasteiger partial charge in [-0.2, -0.15) is 0 Å². The molecular formula is C20H29ClN4O5. The minimum atomic E-state index is -1.35. The number of nitrogens with one attached hydrogen (secondary N) is 3. The lowest BCUT2D eigenvalue weighted by atomic mass is 9.82. The molecule has 2 rings (SSSR count). The van der Waals surface area contributed by atoms with E-state index in [9.17, 15) is 19.5 Å². The maximum Gasteiger partial charge on any atom is 0.405 e. The molecule has 166 valence electrons. The highest BCUT2D eigenvalue weighted by molar-refractivity contribution is 6.30. The number of aliphatic hydroxyl groups is 1. The van der Waals surface area contributed by atoms with E-state index in [1.54, 1.807) is 24.1 Å². The van der Waals surface area contributed by atoms with E-state index in [1.807, 2.05) is 17.4 Å². The lowest BCUT2D eigenvalue weighted by Crippen LogP contribution is -2.64. The number of carboxylic acid groups (broad SMARTS) is 1. The van der Waals surface area contributed by atoms with Gasteiger partial charge in [0.05, 0.1) is 12.1 Å². The lowest BCUT2D eigenvalue weighted by Gasteiger charge is -2.46. The van der Waals surface area contributed by atoms with Crippen LogP contribution in [-0.2, 0) is 16.0 Å². The van der Waals surface area contributed by atoms with E-state index < -0.39 is 42.1 Å². The van der Waals surface area contributed by atoms with Gasteiger partial charge in [-0.25, -0.2) is 4.79 Å². The molecule has 0 aromatic heterocycles. The Morgan fingerprint density at radius 2 is 1.93 bits per heavy atom. The maximum absolute atomic E-state index is 13.2. The van der Waals surface area contributed by atoms with E-state index in [2.05, 4.69) is 10.6 Å². The zero-order chi connectivity index (χ0) is 22.3. The molecule has 3 amide bonds. The van der Waals surface area contributed by atoms with E-state index in [4.69, 9.17) is 16.7 Å². The molecule has 30 heavy (non-hydrogen) atoms. The number of rotatable bonds is 8. The van der Waals surface area contributed by atoms with Crippen LogP contribution in [0, 0.1) is 0 Å². The number of carbonyl (C=O) groups is 3. The first-order valence-corrected chi connectivity index (χ1v) is 10.2.